The molecular formula is C18H16F6N2O4S. The van der Waals surface area contributed by atoms with E-state index in [1.807, 2.05) is 0 Å². The molecule has 6 nitrogen and oxygen atoms in total. The Balaban J connectivity index is 1.86. The summed E-state index contributed by atoms with van der Waals surface area (Å²) in [6.45, 7) is 0.645. The van der Waals surface area contributed by atoms with Crippen LogP contribution in [0.25, 0.3) is 0 Å². The highest BCUT2D eigenvalue weighted by atomic mass is 32.2. The number of alkyl halides is 6. The van der Waals surface area contributed by atoms with E-state index in [2.05, 4.69) is 10.1 Å². The topological polar surface area (TPSA) is 76.7 Å². The van der Waals surface area contributed by atoms with Crippen LogP contribution in [0.2, 0.25) is 0 Å². The van der Waals surface area contributed by atoms with E-state index in [0.29, 0.717) is 18.5 Å². The van der Waals surface area contributed by atoms with Gasteiger partial charge in [0.2, 0.25) is 0 Å². The number of hydrogen-bond donors (Lipinski definition) is 2. The molecule has 31 heavy (non-hydrogen) atoms. The molecule has 1 atom stereocenters. The molecule has 2 aromatic carbocycles. The molecule has 0 amide bonds. The zero-order valence-corrected chi connectivity index (χ0v) is 16.4. The van der Waals surface area contributed by atoms with Crippen LogP contribution in [0.5, 0.6) is 17.2 Å². The van der Waals surface area contributed by atoms with Crippen molar-refractivity contribution in [3.8, 4) is 17.2 Å². The van der Waals surface area contributed by atoms with Crippen LogP contribution in [-0.4, -0.2) is 26.8 Å². The van der Waals surface area contributed by atoms with Gasteiger partial charge >= 0.3 is 21.9 Å². The summed E-state index contributed by atoms with van der Waals surface area (Å²) in [6, 6.07) is 7.84. The minimum absolute atomic E-state index is 0.150. The lowest BCUT2D eigenvalue weighted by atomic mass is 10.0. The highest BCUT2D eigenvalue weighted by molar-refractivity contribution is 7.93. The van der Waals surface area contributed by atoms with E-state index in [1.54, 1.807) is 0 Å². The Kier molecular flexibility index (Phi) is 6.28. The summed E-state index contributed by atoms with van der Waals surface area (Å²) in [6.07, 6.45) is -3.43. The van der Waals surface area contributed by atoms with E-state index in [0.717, 1.165) is 24.6 Å². The Morgan fingerprint density at radius 3 is 2.16 bits per heavy atom. The first-order chi connectivity index (χ1) is 14.3. The van der Waals surface area contributed by atoms with E-state index < -0.39 is 27.6 Å². The summed E-state index contributed by atoms with van der Waals surface area (Å²) in [5.41, 5.74) is -5.38. The summed E-state index contributed by atoms with van der Waals surface area (Å²) >= 11 is 0. The number of benzene rings is 2. The molecule has 0 aliphatic carbocycles. The van der Waals surface area contributed by atoms with E-state index >= 15 is 0 Å². The smallest absolute Gasteiger partial charge is 0.457 e. The average molecular weight is 470 g/mol. The van der Waals surface area contributed by atoms with Crippen molar-refractivity contribution in [2.45, 2.75) is 30.8 Å². The van der Waals surface area contributed by atoms with Crippen molar-refractivity contribution in [1.82, 2.24) is 5.32 Å². The minimum atomic E-state index is -5.60. The normalized spacial score (nSPS) is 17.4. The maximum atomic E-state index is 12.7. The van der Waals surface area contributed by atoms with Crippen molar-refractivity contribution < 1.29 is 44.2 Å². The maximum absolute atomic E-state index is 12.7. The molecule has 1 unspecified atom stereocenters. The molecular weight excluding hydrogens is 454 g/mol. The maximum Gasteiger partial charge on any atom is 0.573 e. The second kappa shape index (κ2) is 8.46. The number of ether oxygens (including phenoxy) is 2. The van der Waals surface area contributed by atoms with Crippen molar-refractivity contribution in [2.75, 3.05) is 11.3 Å². The number of hydrogen-bond acceptors (Lipinski definition) is 5. The van der Waals surface area contributed by atoms with Gasteiger partial charge in [-0.05, 0) is 61.9 Å². The van der Waals surface area contributed by atoms with Crippen LogP contribution in [-0.2, 0) is 10.0 Å². The lowest BCUT2D eigenvalue weighted by Gasteiger charge is -2.19. The van der Waals surface area contributed by atoms with Gasteiger partial charge in [-0.3, -0.25) is 4.72 Å². The molecule has 0 aromatic heterocycles. The van der Waals surface area contributed by atoms with Crippen molar-refractivity contribution in [3.05, 3.63) is 48.0 Å². The first-order valence-electron chi connectivity index (χ1n) is 8.84. The molecule has 0 radical (unpaired) electrons. The highest BCUT2D eigenvalue weighted by Crippen LogP contribution is 2.37. The summed E-state index contributed by atoms with van der Waals surface area (Å²) in [5, 5.41) is 3.13. The lowest BCUT2D eigenvalue weighted by Crippen LogP contribution is -2.30. The molecule has 170 valence electrons. The minimum Gasteiger partial charge on any atom is -0.457 e. The van der Waals surface area contributed by atoms with Crippen molar-refractivity contribution in [2.24, 2.45) is 0 Å². The van der Waals surface area contributed by atoms with Gasteiger partial charge in [0.05, 0.1) is 0 Å². The second-order valence-electron chi connectivity index (χ2n) is 6.57. The third-order valence-electron chi connectivity index (χ3n) is 4.29. The molecule has 0 saturated carbocycles. The summed E-state index contributed by atoms with van der Waals surface area (Å²) < 4.78 is 108. The van der Waals surface area contributed by atoms with Crippen molar-refractivity contribution >= 4 is 15.7 Å². The zero-order valence-electron chi connectivity index (χ0n) is 15.5. The quantitative estimate of drug-likeness (QED) is 0.577. The fraction of sp³-hybridized carbons (Fsp3) is 0.333. The Bertz CT molecular complexity index is 1020. The predicted octanol–water partition coefficient (Wildman–Crippen LogP) is 5.06. The van der Waals surface area contributed by atoms with Crippen LogP contribution in [0.3, 0.4) is 0 Å². The van der Waals surface area contributed by atoms with Crippen LogP contribution in [0.15, 0.2) is 42.5 Å². The van der Waals surface area contributed by atoms with E-state index in [1.165, 1.54) is 29.0 Å². The molecule has 1 heterocycles. The Morgan fingerprint density at radius 2 is 1.61 bits per heavy atom. The molecule has 1 aliphatic rings. The van der Waals surface area contributed by atoms with Crippen LogP contribution >= 0.6 is 0 Å². The van der Waals surface area contributed by atoms with E-state index in [4.69, 9.17) is 4.74 Å². The van der Waals surface area contributed by atoms with Crippen molar-refractivity contribution in [3.63, 3.8) is 0 Å². The molecule has 0 spiro atoms. The molecule has 2 aromatic rings. The van der Waals surface area contributed by atoms with Gasteiger partial charge in [0.15, 0.2) is 0 Å². The molecule has 2 N–H and O–H groups in total. The standard InChI is InChI=1S/C18H16F6N2O4S/c19-17(20,21)30-13-6-4-12(5-7-13)29-16-8-3-11(26-31(27,28)18(22,23)24)10-14(16)15-2-1-9-25-15/h3-8,10,15,25-26H,1-2,9H2. The third-order valence-corrected chi connectivity index (χ3v) is 5.40. The van der Waals surface area contributed by atoms with Crippen LogP contribution in [0, 0.1) is 0 Å². The van der Waals surface area contributed by atoms with Gasteiger partial charge in [-0.2, -0.15) is 21.6 Å². The molecule has 0 bridgehead atoms. The van der Waals surface area contributed by atoms with Gasteiger partial charge in [0.25, 0.3) is 0 Å². The number of halogens is 6. The van der Waals surface area contributed by atoms with Crippen LogP contribution in [0.4, 0.5) is 32.0 Å². The first kappa shape index (κ1) is 23.0. The fourth-order valence-electron chi connectivity index (χ4n) is 2.98. The van der Waals surface area contributed by atoms with Gasteiger partial charge in [0, 0.05) is 17.3 Å². The first-order valence-corrected chi connectivity index (χ1v) is 10.3. The summed E-state index contributed by atoms with van der Waals surface area (Å²) in [5.74, 6) is -0.0920. The van der Waals surface area contributed by atoms with Gasteiger partial charge < -0.3 is 14.8 Å². The van der Waals surface area contributed by atoms with Crippen molar-refractivity contribution in [1.29, 1.82) is 0 Å². The average Bonchev–Trinajstić information content (AvgIpc) is 3.16. The Hall–Kier alpha value is -2.67. The van der Waals surface area contributed by atoms with Gasteiger partial charge in [0.1, 0.15) is 17.2 Å². The molecule has 1 fully saturated rings. The largest absolute Gasteiger partial charge is 0.573 e. The molecule has 3 rings (SSSR count). The molecule has 1 saturated heterocycles. The number of anilines is 1. The summed E-state index contributed by atoms with van der Waals surface area (Å²) in [7, 11) is -5.60. The molecule has 13 heteroatoms. The highest BCUT2D eigenvalue weighted by Gasteiger charge is 2.46. The predicted molar refractivity (Wildman–Crippen MR) is 98.2 cm³/mol. The Morgan fingerprint density at radius 1 is 0.968 bits per heavy atom. The van der Waals surface area contributed by atoms with Gasteiger partial charge in [-0.25, -0.2) is 0 Å². The lowest BCUT2D eigenvalue weighted by molar-refractivity contribution is -0.274. The van der Waals surface area contributed by atoms with Crippen LogP contribution in [0.1, 0.15) is 24.4 Å². The molecule has 1 aliphatic heterocycles. The number of rotatable bonds is 6. The Labute approximate surface area is 173 Å². The van der Waals surface area contributed by atoms with Crippen LogP contribution < -0.4 is 19.5 Å². The third kappa shape index (κ3) is 5.94. The SMILES string of the molecule is O=S(=O)(Nc1ccc(Oc2ccc(OC(F)(F)F)cc2)c(C2CCCN2)c1)C(F)(F)F. The van der Waals surface area contributed by atoms with Gasteiger partial charge in [-0.15, -0.1) is 13.2 Å². The number of sulfonamides is 1. The second-order valence-corrected chi connectivity index (χ2v) is 8.25. The van der Waals surface area contributed by atoms with E-state index in [9.17, 15) is 34.8 Å². The van der Waals surface area contributed by atoms with E-state index in [-0.39, 0.29) is 23.2 Å². The fourth-order valence-corrected chi connectivity index (χ4v) is 3.53. The summed E-state index contributed by atoms with van der Waals surface area (Å²) in [4.78, 5) is 0. The monoisotopic (exact) mass is 470 g/mol. The zero-order chi connectivity index (χ0) is 22.9. The van der Waals surface area contributed by atoms with Gasteiger partial charge in [-0.1, -0.05) is 0 Å². The number of nitrogens with one attached hydrogen (secondary N) is 2.